The van der Waals surface area contributed by atoms with Gasteiger partial charge in [-0.15, -0.1) is 10.2 Å². The molecular formula is C17H19F3N4O2. The van der Waals surface area contributed by atoms with E-state index in [1.807, 2.05) is 11.8 Å². The summed E-state index contributed by atoms with van der Waals surface area (Å²) >= 11 is 0. The first kappa shape index (κ1) is 18.4. The number of nitrogens with zero attached hydrogens (tertiary/aromatic N) is 4. The van der Waals surface area contributed by atoms with Gasteiger partial charge in [-0.1, -0.05) is 0 Å². The van der Waals surface area contributed by atoms with Crippen molar-refractivity contribution in [2.45, 2.75) is 45.0 Å². The van der Waals surface area contributed by atoms with Crippen LogP contribution in [-0.2, 0) is 6.18 Å². The monoisotopic (exact) mass is 368 g/mol. The summed E-state index contributed by atoms with van der Waals surface area (Å²) in [4.78, 5) is 6.23. The Labute approximate surface area is 148 Å². The second-order valence-electron chi connectivity index (χ2n) is 6.42. The zero-order valence-electron chi connectivity index (χ0n) is 14.3. The predicted octanol–water partition coefficient (Wildman–Crippen LogP) is 2.92. The molecule has 2 atom stereocenters. The smallest absolute Gasteiger partial charge is 0.416 e. The zero-order valence-corrected chi connectivity index (χ0v) is 14.3. The fourth-order valence-electron chi connectivity index (χ4n) is 3.08. The lowest BCUT2D eigenvalue weighted by Crippen LogP contribution is -2.47. The molecule has 0 spiro atoms. The van der Waals surface area contributed by atoms with Crippen molar-refractivity contribution >= 4 is 5.95 Å². The molecule has 1 fully saturated rings. The van der Waals surface area contributed by atoms with Gasteiger partial charge in [0.1, 0.15) is 11.4 Å². The SMILES string of the molecule is Cc1nc(N2CCC[C@@H](O)[C@H]2C)nnc1-c1ccc(C(F)(F)F)cc1O. The molecule has 9 heteroatoms. The van der Waals surface area contributed by atoms with Gasteiger partial charge in [0.15, 0.2) is 0 Å². The summed E-state index contributed by atoms with van der Waals surface area (Å²) in [5.74, 6) is -0.183. The highest BCUT2D eigenvalue weighted by Gasteiger charge is 2.32. The molecule has 3 rings (SSSR count). The van der Waals surface area contributed by atoms with Gasteiger partial charge in [0, 0.05) is 12.1 Å². The number of halogens is 3. The average Bonchev–Trinajstić information content (AvgIpc) is 2.57. The van der Waals surface area contributed by atoms with E-state index in [4.69, 9.17) is 0 Å². The molecule has 1 saturated heterocycles. The summed E-state index contributed by atoms with van der Waals surface area (Å²) in [6.07, 6.45) is -3.51. The Hall–Kier alpha value is -2.42. The molecule has 1 aromatic carbocycles. The summed E-state index contributed by atoms with van der Waals surface area (Å²) in [7, 11) is 0. The van der Waals surface area contributed by atoms with E-state index >= 15 is 0 Å². The summed E-state index contributed by atoms with van der Waals surface area (Å²) in [5.41, 5.74) is -0.165. The second-order valence-corrected chi connectivity index (χ2v) is 6.42. The van der Waals surface area contributed by atoms with Crippen LogP contribution in [0.1, 0.15) is 31.0 Å². The Balaban J connectivity index is 1.93. The molecule has 2 N–H and O–H groups in total. The van der Waals surface area contributed by atoms with E-state index in [1.54, 1.807) is 6.92 Å². The number of rotatable bonds is 2. The molecule has 6 nitrogen and oxygen atoms in total. The van der Waals surface area contributed by atoms with E-state index in [0.717, 1.165) is 18.6 Å². The third-order valence-corrected chi connectivity index (χ3v) is 4.63. The van der Waals surface area contributed by atoms with Crippen LogP contribution in [-0.4, -0.2) is 44.1 Å². The maximum Gasteiger partial charge on any atom is 0.416 e. The molecule has 1 aromatic heterocycles. The molecule has 1 aliphatic heterocycles. The third-order valence-electron chi connectivity index (χ3n) is 4.63. The van der Waals surface area contributed by atoms with Crippen molar-refractivity contribution in [1.82, 2.24) is 15.2 Å². The minimum Gasteiger partial charge on any atom is -0.507 e. The molecule has 0 aliphatic carbocycles. The lowest BCUT2D eigenvalue weighted by atomic mass is 10.0. The predicted molar refractivity (Wildman–Crippen MR) is 88.7 cm³/mol. The maximum absolute atomic E-state index is 12.7. The number of piperidine rings is 1. The van der Waals surface area contributed by atoms with Crippen molar-refractivity contribution in [2.24, 2.45) is 0 Å². The molecule has 0 radical (unpaired) electrons. The lowest BCUT2D eigenvalue weighted by Gasteiger charge is -2.36. The van der Waals surface area contributed by atoms with Crippen LogP contribution >= 0.6 is 0 Å². The molecule has 0 unspecified atom stereocenters. The van der Waals surface area contributed by atoms with E-state index in [2.05, 4.69) is 15.2 Å². The number of phenolic OH excluding ortho intramolecular Hbond substituents is 1. The number of anilines is 1. The van der Waals surface area contributed by atoms with Crippen LogP contribution in [0.2, 0.25) is 0 Å². The Bertz CT molecular complexity index is 813. The molecule has 0 bridgehead atoms. The summed E-state index contributed by atoms with van der Waals surface area (Å²) in [6, 6.07) is 2.54. The number of aliphatic hydroxyl groups excluding tert-OH is 1. The zero-order chi connectivity index (χ0) is 19.1. The van der Waals surface area contributed by atoms with E-state index < -0.39 is 23.6 Å². The van der Waals surface area contributed by atoms with Crippen LogP contribution in [0, 0.1) is 6.92 Å². The number of alkyl halides is 3. The van der Waals surface area contributed by atoms with Crippen molar-refractivity contribution in [2.75, 3.05) is 11.4 Å². The Morgan fingerprint density at radius 2 is 1.96 bits per heavy atom. The molecule has 26 heavy (non-hydrogen) atoms. The first-order valence-corrected chi connectivity index (χ1v) is 8.25. The molecule has 0 amide bonds. The highest BCUT2D eigenvalue weighted by Crippen LogP contribution is 2.36. The fourth-order valence-corrected chi connectivity index (χ4v) is 3.08. The third kappa shape index (κ3) is 3.44. The van der Waals surface area contributed by atoms with Crippen molar-refractivity contribution in [3.63, 3.8) is 0 Å². The Kier molecular flexibility index (Phi) is 4.74. The largest absolute Gasteiger partial charge is 0.507 e. The minimum absolute atomic E-state index is 0.133. The topological polar surface area (TPSA) is 82.4 Å². The molecule has 0 saturated carbocycles. The van der Waals surface area contributed by atoms with Gasteiger partial charge < -0.3 is 15.1 Å². The van der Waals surface area contributed by atoms with Crippen LogP contribution in [0.25, 0.3) is 11.3 Å². The van der Waals surface area contributed by atoms with E-state index in [9.17, 15) is 23.4 Å². The quantitative estimate of drug-likeness (QED) is 0.848. The normalized spacial score (nSPS) is 21.1. The van der Waals surface area contributed by atoms with Crippen molar-refractivity contribution in [3.05, 3.63) is 29.5 Å². The minimum atomic E-state index is -4.54. The number of hydrogen-bond acceptors (Lipinski definition) is 6. The van der Waals surface area contributed by atoms with Gasteiger partial charge in [0.05, 0.1) is 23.4 Å². The van der Waals surface area contributed by atoms with E-state index in [0.29, 0.717) is 30.7 Å². The van der Waals surface area contributed by atoms with Gasteiger partial charge in [-0.2, -0.15) is 13.2 Å². The summed E-state index contributed by atoms with van der Waals surface area (Å²) < 4.78 is 38.2. The first-order chi connectivity index (χ1) is 12.2. The van der Waals surface area contributed by atoms with Crippen LogP contribution in [0.4, 0.5) is 19.1 Å². The lowest BCUT2D eigenvalue weighted by molar-refractivity contribution is -0.137. The molecule has 1 aliphatic rings. The van der Waals surface area contributed by atoms with Crippen LogP contribution < -0.4 is 4.90 Å². The number of aliphatic hydroxyl groups is 1. The number of aryl methyl sites for hydroxylation is 1. The second kappa shape index (κ2) is 6.71. The number of aromatic hydroxyl groups is 1. The molecular weight excluding hydrogens is 349 g/mol. The molecule has 140 valence electrons. The number of benzene rings is 1. The van der Waals surface area contributed by atoms with Gasteiger partial charge in [0.2, 0.25) is 5.95 Å². The van der Waals surface area contributed by atoms with Gasteiger partial charge in [-0.05, 0) is 44.9 Å². The number of aromatic nitrogens is 3. The highest BCUT2D eigenvalue weighted by atomic mass is 19.4. The maximum atomic E-state index is 12.7. The summed E-state index contributed by atoms with van der Waals surface area (Å²) in [5, 5.41) is 28.1. The van der Waals surface area contributed by atoms with Gasteiger partial charge in [-0.3, -0.25) is 0 Å². The Morgan fingerprint density at radius 3 is 2.58 bits per heavy atom. The first-order valence-electron chi connectivity index (χ1n) is 8.25. The van der Waals surface area contributed by atoms with Crippen molar-refractivity contribution in [1.29, 1.82) is 0 Å². The highest BCUT2D eigenvalue weighted by molar-refractivity contribution is 5.69. The number of hydrogen-bond donors (Lipinski definition) is 2. The van der Waals surface area contributed by atoms with Crippen molar-refractivity contribution < 1.29 is 23.4 Å². The van der Waals surface area contributed by atoms with Crippen LogP contribution in [0.5, 0.6) is 5.75 Å². The van der Waals surface area contributed by atoms with Crippen molar-refractivity contribution in [3.8, 4) is 17.0 Å². The summed E-state index contributed by atoms with van der Waals surface area (Å²) in [6.45, 7) is 4.21. The van der Waals surface area contributed by atoms with E-state index in [1.165, 1.54) is 0 Å². The van der Waals surface area contributed by atoms with Gasteiger partial charge >= 0.3 is 6.18 Å². The molecule has 2 aromatic rings. The van der Waals surface area contributed by atoms with Gasteiger partial charge in [0.25, 0.3) is 0 Å². The standard InChI is InChI=1S/C17H19F3N4O2/c1-9-15(12-6-5-11(8-14(12)26)17(18,19)20)22-23-16(21-9)24-7-3-4-13(25)10(24)2/h5-6,8,10,13,25-26H,3-4,7H2,1-2H3/t10-,13-/m1/s1. The Morgan fingerprint density at radius 1 is 1.23 bits per heavy atom. The molecule has 2 heterocycles. The fraction of sp³-hybridized carbons (Fsp3) is 0.471. The van der Waals surface area contributed by atoms with Crippen LogP contribution in [0.3, 0.4) is 0 Å². The van der Waals surface area contributed by atoms with Gasteiger partial charge in [-0.25, -0.2) is 4.98 Å². The number of phenols is 1. The average molecular weight is 368 g/mol. The van der Waals surface area contributed by atoms with Crippen LogP contribution in [0.15, 0.2) is 18.2 Å². The van der Waals surface area contributed by atoms with E-state index in [-0.39, 0.29) is 17.3 Å².